The second-order valence-electron chi connectivity index (χ2n) is 7.96. The molecule has 0 saturated heterocycles. The molecule has 0 unspecified atom stereocenters. The van der Waals surface area contributed by atoms with Gasteiger partial charge in [0.15, 0.2) is 0 Å². The standard InChI is InChI=1S/C29H26ClNOS/c1-2-28(32)26-9-4-3-7-21(26)13-17-29(33)23-8-5-6-20(18-23)10-15-25-16-12-22-11-14-24(30)19-27(22)31-25/h2-12,14-16,18-19,29,32-33H,13,17H2,1H3/b15-10+,28-2+/t29-/m1/s1. The Kier molecular flexibility index (Phi) is 7.54. The van der Waals surface area contributed by atoms with Gasteiger partial charge in [0.1, 0.15) is 5.76 Å². The van der Waals surface area contributed by atoms with Gasteiger partial charge in [0.05, 0.1) is 11.2 Å². The number of halogens is 1. The molecule has 2 nitrogen and oxygen atoms in total. The average molecular weight is 472 g/mol. The molecule has 3 aromatic carbocycles. The van der Waals surface area contributed by atoms with Gasteiger partial charge >= 0.3 is 0 Å². The van der Waals surface area contributed by atoms with Crippen molar-refractivity contribution in [3.05, 3.63) is 118 Å². The largest absolute Gasteiger partial charge is 0.508 e. The van der Waals surface area contributed by atoms with Crippen LogP contribution in [0.3, 0.4) is 0 Å². The highest BCUT2D eigenvalue weighted by Gasteiger charge is 2.10. The first-order valence-electron chi connectivity index (χ1n) is 11.0. The molecule has 1 aromatic heterocycles. The van der Waals surface area contributed by atoms with Crippen LogP contribution in [0.15, 0.2) is 84.9 Å². The number of aliphatic hydroxyl groups is 1. The Balaban J connectivity index is 1.47. The first-order valence-corrected chi connectivity index (χ1v) is 11.9. The molecule has 0 saturated carbocycles. The number of aliphatic hydroxyl groups excluding tert-OH is 1. The van der Waals surface area contributed by atoms with Gasteiger partial charge in [0.2, 0.25) is 0 Å². The third-order valence-electron chi connectivity index (χ3n) is 5.67. The van der Waals surface area contributed by atoms with Gasteiger partial charge < -0.3 is 5.11 Å². The van der Waals surface area contributed by atoms with E-state index in [1.54, 1.807) is 6.08 Å². The minimum atomic E-state index is 0.0973. The average Bonchev–Trinajstić information content (AvgIpc) is 2.85. The van der Waals surface area contributed by atoms with Crippen molar-refractivity contribution in [2.45, 2.75) is 25.0 Å². The number of hydrogen-bond donors (Lipinski definition) is 2. The third-order valence-corrected chi connectivity index (χ3v) is 6.46. The molecule has 1 N–H and O–H groups in total. The van der Waals surface area contributed by atoms with Crippen LogP contribution in [0.4, 0.5) is 0 Å². The second kappa shape index (κ2) is 10.7. The SMILES string of the molecule is C/C=C(/O)c1ccccc1CC[C@@H](S)c1cccc(/C=C/c2ccc3ccc(Cl)cc3n2)c1. The topological polar surface area (TPSA) is 33.1 Å². The van der Waals surface area contributed by atoms with E-state index in [0.717, 1.165) is 46.1 Å². The van der Waals surface area contributed by atoms with Crippen molar-refractivity contribution in [3.8, 4) is 0 Å². The lowest BCUT2D eigenvalue weighted by Crippen LogP contribution is -1.98. The Morgan fingerprint density at radius 2 is 1.82 bits per heavy atom. The van der Waals surface area contributed by atoms with Crippen molar-refractivity contribution in [1.82, 2.24) is 4.98 Å². The van der Waals surface area contributed by atoms with Gasteiger partial charge in [-0.05, 0) is 66.8 Å². The Hall–Kier alpha value is -3.01. The normalized spacial score (nSPS) is 13.0. The van der Waals surface area contributed by atoms with E-state index in [-0.39, 0.29) is 5.25 Å². The summed E-state index contributed by atoms with van der Waals surface area (Å²) in [4.78, 5) is 4.69. The molecule has 4 rings (SSSR count). The predicted molar refractivity (Wildman–Crippen MR) is 145 cm³/mol. The molecule has 0 aliphatic heterocycles. The minimum absolute atomic E-state index is 0.0973. The molecule has 0 amide bonds. The van der Waals surface area contributed by atoms with E-state index in [9.17, 15) is 5.11 Å². The van der Waals surface area contributed by atoms with Gasteiger partial charge in [-0.15, -0.1) is 0 Å². The van der Waals surface area contributed by atoms with E-state index < -0.39 is 0 Å². The number of thiol groups is 1. The van der Waals surface area contributed by atoms with E-state index in [4.69, 9.17) is 24.2 Å². The van der Waals surface area contributed by atoms with Gasteiger partial charge in [-0.1, -0.05) is 78.3 Å². The number of aromatic nitrogens is 1. The molecule has 0 spiro atoms. The van der Waals surface area contributed by atoms with Crippen LogP contribution in [0, 0.1) is 0 Å². The Morgan fingerprint density at radius 3 is 2.67 bits per heavy atom. The van der Waals surface area contributed by atoms with Gasteiger partial charge in [0, 0.05) is 21.2 Å². The molecular weight excluding hydrogens is 446 g/mol. The number of rotatable bonds is 7. The van der Waals surface area contributed by atoms with E-state index in [0.29, 0.717) is 10.8 Å². The molecule has 1 atom stereocenters. The fraction of sp³-hybridized carbons (Fsp3) is 0.138. The maximum atomic E-state index is 10.2. The number of allylic oxidation sites excluding steroid dienone is 1. The van der Waals surface area contributed by atoms with Gasteiger partial charge in [-0.25, -0.2) is 4.98 Å². The molecule has 0 aliphatic carbocycles. The zero-order valence-corrected chi connectivity index (χ0v) is 20.1. The van der Waals surface area contributed by atoms with Gasteiger partial charge in [0.25, 0.3) is 0 Å². The summed E-state index contributed by atoms with van der Waals surface area (Å²) in [6.45, 7) is 1.84. The lowest BCUT2D eigenvalue weighted by atomic mass is 9.97. The molecule has 0 radical (unpaired) electrons. The molecular formula is C29H26ClNOS. The van der Waals surface area contributed by atoms with Crippen LogP contribution < -0.4 is 0 Å². The van der Waals surface area contributed by atoms with Crippen LogP contribution in [-0.2, 0) is 6.42 Å². The summed E-state index contributed by atoms with van der Waals surface area (Å²) in [5.41, 5.74) is 6.07. The van der Waals surface area contributed by atoms with Crippen molar-refractivity contribution in [2.24, 2.45) is 0 Å². The Bertz CT molecular complexity index is 1330. The highest BCUT2D eigenvalue weighted by Crippen LogP contribution is 2.28. The van der Waals surface area contributed by atoms with Crippen LogP contribution in [0.5, 0.6) is 0 Å². The summed E-state index contributed by atoms with van der Waals surface area (Å²) in [5.74, 6) is 0.318. The molecule has 166 valence electrons. The minimum Gasteiger partial charge on any atom is -0.508 e. The van der Waals surface area contributed by atoms with Crippen LogP contribution in [0.1, 0.15) is 46.5 Å². The Morgan fingerprint density at radius 1 is 1.00 bits per heavy atom. The number of fused-ring (bicyclic) bond motifs is 1. The highest BCUT2D eigenvalue weighted by atomic mass is 35.5. The third kappa shape index (κ3) is 5.87. The molecule has 4 heteroatoms. The summed E-state index contributed by atoms with van der Waals surface area (Å²) in [6.07, 6.45) is 7.53. The molecule has 0 aliphatic rings. The quantitative estimate of drug-likeness (QED) is 0.209. The summed E-state index contributed by atoms with van der Waals surface area (Å²) >= 11 is 11.0. The zero-order valence-electron chi connectivity index (χ0n) is 18.4. The fourth-order valence-corrected chi connectivity index (χ4v) is 4.31. The van der Waals surface area contributed by atoms with E-state index >= 15 is 0 Å². The molecule has 0 fully saturated rings. The van der Waals surface area contributed by atoms with Crippen LogP contribution >= 0.6 is 24.2 Å². The van der Waals surface area contributed by atoms with Crippen molar-refractivity contribution in [1.29, 1.82) is 0 Å². The number of nitrogens with zero attached hydrogens (tertiary/aromatic N) is 1. The number of hydrogen-bond acceptors (Lipinski definition) is 3. The molecule has 1 heterocycles. The fourth-order valence-electron chi connectivity index (χ4n) is 3.85. The number of pyridine rings is 1. The summed E-state index contributed by atoms with van der Waals surface area (Å²) < 4.78 is 0. The first-order chi connectivity index (χ1) is 16.0. The molecule has 4 aromatic rings. The summed E-state index contributed by atoms with van der Waals surface area (Å²) in [5, 5.41) is 12.0. The molecule has 33 heavy (non-hydrogen) atoms. The Labute approximate surface area is 205 Å². The summed E-state index contributed by atoms with van der Waals surface area (Å²) in [6, 6.07) is 26.2. The van der Waals surface area contributed by atoms with Crippen LogP contribution in [0.25, 0.3) is 28.8 Å². The zero-order chi connectivity index (χ0) is 23.2. The maximum Gasteiger partial charge on any atom is 0.118 e. The number of aryl methyl sites for hydroxylation is 1. The van der Waals surface area contributed by atoms with Crippen molar-refractivity contribution >= 4 is 53.0 Å². The van der Waals surface area contributed by atoms with Crippen molar-refractivity contribution < 1.29 is 5.11 Å². The van der Waals surface area contributed by atoms with Crippen molar-refractivity contribution in [2.75, 3.05) is 0 Å². The van der Waals surface area contributed by atoms with Crippen LogP contribution in [0.2, 0.25) is 5.02 Å². The van der Waals surface area contributed by atoms with Crippen LogP contribution in [-0.4, -0.2) is 10.1 Å². The highest BCUT2D eigenvalue weighted by molar-refractivity contribution is 7.80. The monoisotopic (exact) mass is 471 g/mol. The predicted octanol–water partition coefficient (Wildman–Crippen LogP) is 8.58. The lowest BCUT2D eigenvalue weighted by molar-refractivity contribution is 0.509. The van der Waals surface area contributed by atoms with Gasteiger partial charge in [-0.2, -0.15) is 12.6 Å². The smallest absolute Gasteiger partial charge is 0.118 e. The van der Waals surface area contributed by atoms with E-state index in [2.05, 4.69) is 47.5 Å². The first kappa shape index (κ1) is 23.2. The van der Waals surface area contributed by atoms with E-state index in [1.807, 2.05) is 55.5 Å². The molecule has 0 bridgehead atoms. The van der Waals surface area contributed by atoms with Crippen molar-refractivity contribution in [3.63, 3.8) is 0 Å². The second-order valence-corrected chi connectivity index (χ2v) is 9.02. The number of benzene rings is 3. The summed E-state index contributed by atoms with van der Waals surface area (Å²) in [7, 11) is 0. The van der Waals surface area contributed by atoms with E-state index in [1.165, 1.54) is 5.56 Å². The maximum absolute atomic E-state index is 10.2. The lowest BCUT2D eigenvalue weighted by Gasteiger charge is -2.14. The van der Waals surface area contributed by atoms with Gasteiger partial charge in [-0.3, -0.25) is 0 Å².